The van der Waals surface area contributed by atoms with Crippen molar-refractivity contribution in [3.05, 3.63) is 59.7 Å². The normalized spacial score (nSPS) is 14.2. The quantitative estimate of drug-likeness (QED) is 0.607. The summed E-state index contributed by atoms with van der Waals surface area (Å²) in [6.07, 6.45) is 2.52. The van der Waals surface area contributed by atoms with Gasteiger partial charge in [0.25, 0.3) is 0 Å². The Morgan fingerprint density at radius 3 is 2.59 bits per heavy atom. The lowest BCUT2D eigenvalue weighted by molar-refractivity contribution is -0.119. The molecular formula is C22H22N2O4S. The summed E-state index contributed by atoms with van der Waals surface area (Å²) in [6.45, 7) is 2.06. The van der Waals surface area contributed by atoms with Crippen molar-refractivity contribution in [2.75, 3.05) is 18.0 Å². The molecule has 0 bridgehead atoms. The van der Waals surface area contributed by atoms with Crippen molar-refractivity contribution < 1.29 is 18.0 Å². The Balaban J connectivity index is 1.62. The fourth-order valence-corrected chi connectivity index (χ4v) is 4.02. The van der Waals surface area contributed by atoms with Gasteiger partial charge in [0.15, 0.2) is 5.78 Å². The number of piperidine rings is 1. The molecule has 29 heavy (non-hydrogen) atoms. The Morgan fingerprint density at radius 1 is 1.14 bits per heavy atom. The van der Waals surface area contributed by atoms with Crippen LogP contribution in [0.5, 0.6) is 0 Å². The van der Waals surface area contributed by atoms with E-state index in [9.17, 15) is 18.0 Å². The third-order valence-corrected chi connectivity index (χ3v) is 6.04. The minimum absolute atomic E-state index is 0.0301. The van der Waals surface area contributed by atoms with Crippen LogP contribution in [-0.2, 0) is 14.8 Å². The first-order valence-electron chi connectivity index (χ1n) is 9.37. The second-order valence-electron chi connectivity index (χ2n) is 6.76. The van der Waals surface area contributed by atoms with Crippen LogP contribution in [0.25, 0.3) is 0 Å². The van der Waals surface area contributed by atoms with Crippen LogP contribution >= 0.6 is 0 Å². The highest BCUT2D eigenvalue weighted by molar-refractivity contribution is 7.89. The number of nitrogens with zero attached hydrogens (tertiary/aromatic N) is 1. The SMILES string of the molecule is CC(=O)c1cccc(S(=O)(=O)NCC#Cc2ccc(N3CCCCC3=O)cc2)c1. The van der Waals surface area contributed by atoms with Gasteiger partial charge in [-0.15, -0.1) is 0 Å². The van der Waals surface area contributed by atoms with Gasteiger partial charge in [0.1, 0.15) is 0 Å². The third-order valence-electron chi connectivity index (χ3n) is 4.64. The standard InChI is InChI=1S/C22H22N2O4S/c1-17(25)19-7-4-8-21(16-19)29(27,28)23-14-5-6-18-10-12-20(13-11-18)24-15-3-2-9-22(24)26/h4,7-8,10-13,16,23H,2-3,9,14-15H2,1H3. The predicted octanol–water partition coefficient (Wildman–Crippen LogP) is 2.74. The minimum atomic E-state index is -3.75. The van der Waals surface area contributed by atoms with Crippen molar-refractivity contribution in [1.82, 2.24) is 4.72 Å². The topological polar surface area (TPSA) is 83.6 Å². The number of benzene rings is 2. The zero-order valence-corrected chi connectivity index (χ0v) is 17.0. The van der Waals surface area contributed by atoms with E-state index in [1.165, 1.54) is 25.1 Å². The van der Waals surface area contributed by atoms with Crippen molar-refractivity contribution in [2.45, 2.75) is 31.1 Å². The van der Waals surface area contributed by atoms with Gasteiger partial charge in [-0.1, -0.05) is 24.0 Å². The van der Waals surface area contributed by atoms with Crippen LogP contribution in [0.2, 0.25) is 0 Å². The molecule has 1 heterocycles. The molecule has 1 saturated heterocycles. The Hall–Kier alpha value is -2.95. The summed E-state index contributed by atoms with van der Waals surface area (Å²) >= 11 is 0. The largest absolute Gasteiger partial charge is 0.312 e. The van der Waals surface area contributed by atoms with Crippen LogP contribution in [0, 0.1) is 11.8 Å². The number of hydrogen-bond acceptors (Lipinski definition) is 4. The minimum Gasteiger partial charge on any atom is -0.312 e. The van der Waals surface area contributed by atoms with Gasteiger partial charge in [-0.2, -0.15) is 4.72 Å². The van der Waals surface area contributed by atoms with Crippen LogP contribution in [0.3, 0.4) is 0 Å². The van der Waals surface area contributed by atoms with Gasteiger partial charge in [0.05, 0.1) is 11.4 Å². The third kappa shape index (κ3) is 5.31. The number of amides is 1. The summed E-state index contributed by atoms with van der Waals surface area (Å²) < 4.78 is 27.1. The van der Waals surface area contributed by atoms with Crippen molar-refractivity contribution in [1.29, 1.82) is 0 Å². The lowest BCUT2D eigenvalue weighted by Gasteiger charge is -2.26. The number of anilines is 1. The van der Waals surface area contributed by atoms with E-state index in [0.29, 0.717) is 12.0 Å². The number of ketones is 1. The molecule has 2 aromatic rings. The molecule has 6 nitrogen and oxygen atoms in total. The van der Waals surface area contributed by atoms with E-state index < -0.39 is 10.0 Å². The fraction of sp³-hybridized carbons (Fsp3) is 0.273. The number of hydrogen-bond donors (Lipinski definition) is 1. The maximum atomic E-state index is 12.3. The van der Waals surface area contributed by atoms with Crippen molar-refractivity contribution in [2.24, 2.45) is 0 Å². The Labute approximate surface area is 171 Å². The molecule has 0 spiro atoms. The zero-order valence-electron chi connectivity index (χ0n) is 16.1. The van der Waals surface area contributed by atoms with Crippen LogP contribution in [0.4, 0.5) is 5.69 Å². The van der Waals surface area contributed by atoms with Gasteiger partial charge in [-0.25, -0.2) is 8.42 Å². The molecule has 150 valence electrons. The summed E-state index contributed by atoms with van der Waals surface area (Å²) in [7, 11) is -3.75. The van der Waals surface area contributed by atoms with Crippen molar-refractivity contribution in [3.63, 3.8) is 0 Å². The molecule has 1 fully saturated rings. The number of sulfonamides is 1. The van der Waals surface area contributed by atoms with Crippen LogP contribution < -0.4 is 9.62 Å². The second-order valence-corrected chi connectivity index (χ2v) is 8.53. The molecule has 1 N–H and O–H groups in total. The first-order chi connectivity index (χ1) is 13.9. The highest BCUT2D eigenvalue weighted by Gasteiger charge is 2.19. The number of Topliss-reactive ketones (excluding diaryl/α,β-unsaturated/α-hetero) is 1. The van der Waals surface area contributed by atoms with E-state index >= 15 is 0 Å². The summed E-state index contributed by atoms with van der Waals surface area (Å²) in [5.74, 6) is 5.63. The maximum absolute atomic E-state index is 12.3. The lowest BCUT2D eigenvalue weighted by atomic mass is 10.1. The van der Waals surface area contributed by atoms with E-state index in [-0.39, 0.29) is 23.1 Å². The van der Waals surface area contributed by atoms with E-state index in [0.717, 1.165) is 30.6 Å². The summed E-state index contributed by atoms with van der Waals surface area (Å²) in [6, 6.07) is 13.2. The number of carbonyl (C=O) groups is 2. The molecule has 2 aromatic carbocycles. The van der Waals surface area contributed by atoms with Crippen LogP contribution in [0.1, 0.15) is 42.1 Å². The molecule has 0 unspecified atom stereocenters. The molecule has 0 saturated carbocycles. The number of carbonyl (C=O) groups excluding carboxylic acids is 2. The Bertz CT molecular complexity index is 1080. The predicted molar refractivity (Wildman–Crippen MR) is 111 cm³/mol. The molecule has 1 aliphatic rings. The van der Waals surface area contributed by atoms with Gasteiger partial charge >= 0.3 is 0 Å². The van der Waals surface area contributed by atoms with Gasteiger partial charge in [-0.05, 0) is 56.2 Å². The van der Waals surface area contributed by atoms with Crippen molar-refractivity contribution in [3.8, 4) is 11.8 Å². The van der Waals surface area contributed by atoms with Gasteiger partial charge < -0.3 is 4.90 Å². The monoisotopic (exact) mass is 410 g/mol. The average Bonchev–Trinajstić information content (AvgIpc) is 2.72. The van der Waals surface area contributed by atoms with Gasteiger partial charge in [-0.3, -0.25) is 9.59 Å². The first-order valence-corrected chi connectivity index (χ1v) is 10.8. The maximum Gasteiger partial charge on any atom is 0.241 e. The highest BCUT2D eigenvalue weighted by Crippen LogP contribution is 2.21. The molecule has 0 atom stereocenters. The second kappa shape index (κ2) is 9.03. The highest BCUT2D eigenvalue weighted by atomic mass is 32.2. The smallest absolute Gasteiger partial charge is 0.241 e. The summed E-state index contributed by atoms with van der Waals surface area (Å²) in [5, 5.41) is 0. The van der Waals surface area contributed by atoms with Crippen LogP contribution in [-0.4, -0.2) is 33.2 Å². The molecule has 1 aliphatic heterocycles. The summed E-state index contributed by atoms with van der Waals surface area (Å²) in [4.78, 5) is 25.2. The molecule has 0 aromatic heterocycles. The van der Waals surface area contributed by atoms with Gasteiger partial charge in [0, 0.05) is 29.8 Å². The van der Waals surface area contributed by atoms with Crippen molar-refractivity contribution >= 4 is 27.4 Å². The van der Waals surface area contributed by atoms with E-state index in [2.05, 4.69) is 16.6 Å². The Kier molecular flexibility index (Phi) is 6.47. The van der Waals surface area contributed by atoms with E-state index in [1.807, 2.05) is 24.3 Å². The zero-order chi connectivity index (χ0) is 20.9. The van der Waals surface area contributed by atoms with E-state index in [4.69, 9.17) is 0 Å². The molecule has 3 rings (SSSR count). The fourth-order valence-electron chi connectivity index (χ4n) is 3.05. The molecular weight excluding hydrogens is 388 g/mol. The molecule has 1 amide bonds. The van der Waals surface area contributed by atoms with Gasteiger partial charge in [0.2, 0.25) is 15.9 Å². The van der Waals surface area contributed by atoms with E-state index in [1.54, 1.807) is 11.0 Å². The first kappa shape index (κ1) is 20.8. The number of rotatable bonds is 5. The number of nitrogens with one attached hydrogen (secondary N) is 1. The van der Waals surface area contributed by atoms with Crippen LogP contribution in [0.15, 0.2) is 53.4 Å². The lowest BCUT2D eigenvalue weighted by Crippen LogP contribution is -2.35. The molecule has 7 heteroatoms. The molecule has 0 aliphatic carbocycles. The average molecular weight is 410 g/mol. The summed E-state index contributed by atoms with van der Waals surface area (Å²) in [5.41, 5.74) is 1.92. The molecule has 0 radical (unpaired) electrons. The Morgan fingerprint density at radius 2 is 1.90 bits per heavy atom.